The molecule has 0 aromatic rings. The zero-order chi connectivity index (χ0) is 14.2. The molecule has 0 N–H and O–H groups in total. The zero-order valence-electron chi connectivity index (χ0n) is 13.2. The number of hydroxylamine groups is 2. The third-order valence-corrected chi connectivity index (χ3v) is 4.86. The first kappa shape index (κ1) is 15.7. The first-order chi connectivity index (χ1) is 8.15. The predicted molar refractivity (Wildman–Crippen MR) is 78.2 cm³/mol. The lowest BCUT2D eigenvalue weighted by atomic mass is 9.95. The Hall–Kier alpha value is -0.380. The molecule has 1 rings (SSSR count). The second-order valence-corrected chi connectivity index (χ2v) is 6.63. The van der Waals surface area contributed by atoms with Crippen molar-refractivity contribution in [2.24, 2.45) is 0 Å². The van der Waals surface area contributed by atoms with Crippen molar-refractivity contribution in [1.29, 1.82) is 0 Å². The van der Waals surface area contributed by atoms with Crippen LogP contribution in [-0.4, -0.2) is 46.8 Å². The Labute approximate surface area is 113 Å². The molecule has 0 saturated heterocycles. The maximum absolute atomic E-state index is 12.4. The fourth-order valence-corrected chi connectivity index (χ4v) is 3.12. The number of hydrogen-bond acceptors (Lipinski definition) is 2. The highest BCUT2D eigenvalue weighted by atomic mass is 16.5. The molecule has 0 amide bonds. The van der Waals surface area contributed by atoms with Crippen molar-refractivity contribution in [2.45, 2.75) is 59.5 Å². The van der Waals surface area contributed by atoms with Gasteiger partial charge in [-0.3, -0.25) is 0 Å². The molecule has 106 valence electrons. The van der Waals surface area contributed by atoms with Gasteiger partial charge in [-0.2, -0.15) is 0 Å². The van der Waals surface area contributed by atoms with Crippen molar-refractivity contribution >= 4 is 0 Å². The maximum atomic E-state index is 12.4. The van der Waals surface area contributed by atoms with Crippen LogP contribution in [-0.2, 0) is 0 Å². The largest absolute Gasteiger partial charge is 0.784 e. The summed E-state index contributed by atoms with van der Waals surface area (Å²) in [5.74, 6) is 0. The molecule has 1 heterocycles. The van der Waals surface area contributed by atoms with Gasteiger partial charge in [-0.05, 0) is 48.5 Å². The van der Waals surface area contributed by atoms with Gasteiger partial charge in [0, 0.05) is 16.7 Å². The van der Waals surface area contributed by atoms with E-state index in [2.05, 4.69) is 40.7 Å². The Morgan fingerprint density at radius 1 is 1.06 bits per heavy atom. The zero-order valence-corrected chi connectivity index (χ0v) is 13.2. The monoisotopic (exact) mass is 254 g/mol. The molecule has 0 aliphatic carbocycles. The molecular formula is C15H30N2O. The number of likely N-dealkylation sites (N-methyl/N-ethyl adjacent to an activating group) is 1. The van der Waals surface area contributed by atoms with E-state index in [0.29, 0.717) is 0 Å². The lowest BCUT2D eigenvalue weighted by Gasteiger charge is -2.48. The summed E-state index contributed by atoms with van der Waals surface area (Å²) >= 11 is 0. The fraction of sp³-hybridized carbons (Fsp3) is 0.867. The van der Waals surface area contributed by atoms with Gasteiger partial charge in [-0.15, -0.1) is 0 Å². The number of hydrogen-bond donors (Lipinski definition) is 0. The van der Waals surface area contributed by atoms with Crippen LogP contribution in [0.25, 0.3) is 0 Å². The van der Waals surface area contributed by atoms with Gasteiger partial charge in [-0.1, -0.05) is 6.08 Å². The summed E-state index contributed by atoms with van der Waals surface area (Å²) in [5.41, 5.74) is 0.559. The standard InChI is InChI=1S/C15H30N2O/c1-8-17(9-2,10-3)12-13-11-14(4,5)16(18)15(13,6)7/h11H,8-10,12H2,1-7H3. The molecule has 1 aliphatic heterocycles. The van der Waals surface area contributed by atoms with Crippen molar-refractivity contribution in [2.75, 3.05) is 26.2 Å². The smallest absolute Gasteiger partial charge is 0.102 e. The first-order valence-corrected chi connectivity index (χ1v) is 7.20. The summed E-state index contributed by atoms with van der Waals surface area (Å²) in [4.78, 5) is 0. The first-order valence-electron chi connectivity index (χ1n) is 7.20. The summed E-state index contributed by atoms with van der Waals surface area (Å²) in [6.07, 6.45) is 2.19. The van der Waals surface area contributed by atoms with Crippen LogP contribution in [0.4, 0.5) is 0 Å². The predicted octanol–water partition coefficient (Wildman–Crippen LogP) is 3.16. The normalized spacial score (nSPS) is 23.2. The summed E-state index contributed by atoms with van der Waals surface area (Å²) in [5, 5.41) is 13.6. The van der Waals surface area contributed by atoms with E-state index in [1.54, 1.807) is 0 Å². The number of quaternary nitrogens is 1. The van der Waals surface area contributed by atoms with E-state index in [9.17, 15) is 5.21 Å². The van der Waals surface area contributed by atoms with Crippen LogP contribution < -0.4 is 0 Å². The van der Waals surface area contributed by atoms with Crippen molar-refractivity contribution in [1.82, 2.24) is 5.06 Å². The molecule has 3 heteroatoms. The molecule has 3 nitrogen and oxygen atoms in total. The van der Waals surface area contributed by atoms with Gasteiger partial charge in [0.2, 0.25) is 0 Å². The van der Waals surface area contributed by atoms with E-state index in [-0.39, 0.29) is 11.1 Å². The average molecular weight is 254 g/mol. The van der Waals surface area contributed by atoms with Crippen molar-refractivity contribution < 1.29 is 4.48 Å². The Bertz CT molecular complexity index is 319. The van der Waals surface area contributed by atoms with Crippen molar-refractivity contribution in [3.8, 4) is 0 Å². The Morgan fingerprint density at radius 2 is 1.50 bits per heavy atom. The molecule has 0 unspecified atom stereocenters. The fourth-order valence-electron chi connectivity index (χ4n) is 3.12. The van der Waals surface area contributed by atoms with E-state index in [1.165, 1.54) is 10.6 Å². The van der Waals surface area contributed by atoms with E-state index >= 15 is 0 Å². The second-order valence-electron chi connectivity index (χ2n) is 6.63. The molecule has 0 fully saturated rings. The molecule has 1 aliphatic rings. The van der Waals surface area contributed by atoms with Gasteiger partial charge in [0.1, 0.15) is 6.54 Å². The molecule has 18 heavy (non-hydrogen) atoms. The van der Waals surface area contributed by atoms with Gasteiger partial charge in [0.15, 0.2) is 0 Å². The minimum Gasteiger partial charge on any atom is -0.784 e. The Morgan fingerprint density at radius 3 is 1.78 bits per heavy atom. The average Bonchev–Trinajstić information content (AvgIpc) is 2.47. The van der Waals surface area contributed by atoms with Crippen molar-refractivity contribution in [3.63, 3.8) is 0 Å². The van der Waals surface area contributed by atoms with Gasteiger partial charge in [-0.25, -0.2) is 0 Å². The molecule has 0 aromatic heterocycles. The van der Waals surface area contributed by atoms with E-state index < -0.39 is 0 Å². The summed E-state index contributed by atoms with van der Waals surface area (Å²) < 4.78 is 1.07. The quantitative estimate of drug-likeness (QED) is 0.556. The maximum Gasteiger partial charge on any atom is 0.102 e. The topological polar surface area (TPSA) is 26.3 Å². The van der Waals surface area contributed by atoms with Crippen LogP contribution in [0.15, 0.2) is 11.6 Å². The molecule has 0 spiro atoms. The van der Waals surface area contributed by atoms with Crippen LogP contribution in [0.3, 0.4) is 0 Å². The molecule has 0 atom stereocenters. The van der Waals surface area contributed by atoms with Gasteiger partial charge in [0.25, 0.3) is 0 Å². The van der Waals surface area contributed by atoms with Crippen LogP contribution >= 0.6 is 0 Å². The molecule has 0 radical (unpaired) electrons. The molecular weight excluding hydrogens is 224 g/mol. The SMILES string of the molecule is CC[N+](CC)(CC)CC1=CC(C)(C)N([O-])C1(C)C. The summed E-state index contributed by atoms with van der Waals surface area (Å²) in [7, 11) is 0. The number of nitrogens with zero attached hydrogens (tertiary/aromatic N) is 2. The summed E-state index contributed by atoms with van der Waals surface area (Å²) in [6.45, 7) is 19.2. The minimum atomic E-state index is -0.371. The van der Waals surface area contributed by atoms with Crippen LogP contribution in [0.5, 0.6) is 0 Å². The third kappa shape index (κ3) is 2.49. The van der Waals surface area contributed by atoms with Gasteiger partial charge >= 0.3 is 0 Å². The van der Waals surface area contributed by atoms with E-state index in [0.717, 1.165) is 30.7 Å². The molecule has 0 bridgehead atoms. The van der Waals surface area contributed by atoms with Crippen LogP contribution in [0.2, 0.25) is 0 Å². The lowest BCUT2D eigenvalue weighted by molar-refractivity contribution is -0.919. The Kier molecular flexibility index (Phi) is 4.31. The highest BCUT2D eigenvalue weighted by Gasteiger charge is 2.42. The number of rotatable bonds is 5. The lowest BCUT2D eigenvalue weighted by Crippen LogP contribution is -2.52. The highest BCUT2D eigenvalue weighted by Crippen LogP contribution is 2.40. The molecule has 0 aromatic carbocycles. The summed E-state index contributed by atoms with van der Waals surface area (Å²) in [6, 6.07) is 0. The van der Waals surface area contributed by atoms with E-state index in [1.807, 2.05) is 13.8 Å². The van der Waals surface area contributed by atoms with Crippen LogP contribution in [0.1, 0.15) is 48.5 Å². The minimum absolute atomic E-state index is 0.369. The van der Waals surface area contributed by atoms with Gasteiger partial charge < -0.3 is 14.8 Å². The van der Waals surface area contributed by atoms with E-state index in [4.69, 9.17) is 0 Å². The van der Waals surface area contributed by atoms with Crippen LogP contribution in [0, 0.1) is 5.21 Å². The highest BCUT2D eigenvalue weighted by molar-refractivity contribution is 5.31. The second kappa shape index (κ2) is 4.95. The molecule has 0 saturated carbocycles. The van der Waals surface area contributed by atoms with Gasteiger partial charge in [0.05, 0.1) is 19.6 Å². The Balaban J connectivity index is 3.04. The third-order valence-electron chi connectivity index (χ3n) is 4.86. The van der Waals surface area contributed by atoms with Crippen molar-refractivity contribution in [3.05, 3.63) is 16.9 Å².